The summed E-state index contributed by atoms with van der Waals surface area (Å²) in [6.45, 7) is 6.44. The van der Waals surface area contributed by atoms with E-state index in [-0.39, 0.29) is 11.7 Å². The molecule has 0 saturated carbocycles. The molecule has 1 heterocycles. The van der Waals surface area contributed by atoms with Gasteiger partial charge in [0.05, 0.1) is 11.0 Å². The van der Waals surface area contributed by atoms with Gasteiger partial charge in [-0.3, -0.25) is 10.1 Å². The monoisotopic (exact) mass is 277 g/mol. The highest BCUT2D eigenvalue weighted by atomic mass is 16.6. The average Bonchev–Trinajstić information content (AvgIpc) is 2.77. The fourth-order valence-corrected chi connectivity index (χ4v) is 1.95. The predicted molar refractivity (Wildman–Crippen MR) is 77.8 cm³/mol. The van der Waals surface area contributed by atoms with Crippen molar-refractivity contribution < 1.29 is 9.34 Å². The van der Waals surface area contributed by atoms with Gasteiger partial charge >= 0.3 is 0 Å². The van der Waals surface area contributed by atoms with E-state index < -0.39 is 4.92 Å². The van der Waals surface area contributed by atoms with Gasteiger partial charge < -0.3 is 9.73 Å². The Kier molecular flexibility index (Phi) is 4.22. The van der Waals surface area contributed by atoms with Crippen LogP contribution >= 0.6 is 0 Å². The third-order valence-corrected chi connectivity index (χ3v) is 3.13. The molecule has 1 aromatic carbocycles. The molecule has 2 aromatic rings. The number of anilines is 1. The van der Waals surface area contributed by atoms with E-state index in [1.165, 1.54) is 12.1 Å². The maximum absolute atomic E-state index is 10.7. The first-order valence-electron chi connectivity index (χ1n) is 6.77. The van der Waals surface area contributed by atoms with Crippen LogP contribution in [0.2, 0.25) is 0 Å². The van der Waals surface area contributed by atoms with Gasteiger partial charge in [-0.05, 0) is 31.7 Å². The van der Waals surface area contributed by atoms with E-state index in [0.29, 0.717) is 23.0 Å². The summed E-state index contributed by atoms with van der Waals surface area (Å²) < 4.78 is 5.51. The Bertz CT molecular complexity index is 607. The molecule has 0 amide bonds. The van der Waals surface area contributed by atoms with Gasteiger partial charge in [0.15, 0.2) is 5.58 Å². The van der Waals surface area contributed by atoms with Crippen molar-refractivity contribution in [3.8, 4) is 0 Å². The minimum Gasteiger partial charge on any atom is -0.423 e. The number of non-ortho nitro benzene ring substituents is 1. The van der Waals surface area contributed by atoms with Gasteiger partial charge in [-0.25, -0.2) is 0 Å². The van der Waals surface area contributed by atoms with Crippen molar-refractivity contribution in [3.05, 3.63) is 28.3 Å². The zero-order valence-electron chi connectivity index (χ0n) is 11.9. The highest BCUT2D eigenvalue weighted by Gasteiger charge is 2.13. The first kappa shape index (κ1) is 14.3. The molecule has 0 fully saturated rings. The Labute approximate surface area is 117 Å². The fraction of sp³-hybridized carbons (Fsp3) is 0.500. The minimum atomic E-state index is -0.444. The first-order valence-corrected chi connectivity index (χ1v) is 6.77. The molecule has 2 rings (SSSR count). The Hall–Kier alpha value is -2.11. The lowest BCUT2D eigenvalue weighted by atomic mass is 10.0. The molecule has 6 heteroatoms. The van der Waals surface area contributed by atoms with Crippen LogP contribution in [0.1, 0.15) is 33.6 Å². The molecule has 1 unspecified atom stereocenters. The maximum Gasteiger partial charge on any atom is 0.295 e. The number of hydrogen-bond donors (Lipinski definition) is 1. The molecular weight excluding hydrogens is 258 g/mol. The van der Waals surface area contributed by atoms with E-state index in [1.807, 2.05) is 0 Å². The van der Waals surface area contributed by atoms with Crippen LogP contribution in [0.25, 0.3) is 11.1 Å². The van der Waals surface area contributed by atoms with Crippen molar-refractivity contribution in [2.24, 2.45) is 5.92 Å². The number of fused-ring (bicyclic) bond motifs is 1. The Morgan fingerprint density at radius 2 is 2.10 bits per heavy atom. The Morgan fingerprint density at radius 3 is 2.75 bits per heavy atom. The molecule has 0 aliphatic heterocycles. The first-order chi connectivity index (χ1) is 9.45. The van der Waals surface area contributed by atoms with Crippen LogP contribution in [0.5, 0.6) is 0 Å². The molecule has 0 radical (unpaired) electrons. The number of nitro groups is 1. The summed E-state index contributed by atoms with van der Waals surface area (Å²) in [4.78, 5) is 14.5. The van der Waals surface area contributed by atoms with Crippen molar-refractivity contribution >= 4 is 22.8 Å². The van der Waals surface area contributed by atoms with Crippen molar-refractivity contribution in [3.63, 3.8) is 0 Å². The zero-order valence-corrected chi connectivity index (χ0v) is 11.9. The van der Waals surface area contributed by atoms with E-state index in [2.05, 4.69) is 31.1 Å². The molecule has 6 nitrogen and oxygen atoms in total. The second-order valence-corrected chi connectivity index (χ2v) is 5.44. The van der Waals surface area contributed by atoms with Gasteiger partial charge in [0.2, 0.25) is 0 Å². The third-order valence-electron chi connectivity index (χ3n) is 3.13. The van der Waals surface area contributed by atoms with Crippen molar-refractivity contribution in [2.75, 3.05) is 5.32 Å². The highest BCUT2D eigenvalue weighted by molar-refractivity contribution is 5.77. The van der Waals surface area contributed by atoms with Crippen LogP contribution < -0.4 is 5.32 Å². The molecule has 1 aromatic heterocycles. The highest BCUT2D eigenvalue weighted by Crippen LogP contribution is 2.24. The summed E-state index contributed by atoms with van der Waals surface area (Å²) in [6.07, 6.45) is 2.15. The summed E-state index contributed by atoms with van der Waals surface area (Å²) in [5, 5.41) is 13.9. The zero-order chi connectivity index (χ0) is 14.7. The van der Waals surface area contributed by atoms with Crippen LogP contribution in [0.3, 0.4) is 0 Å². The van der Waals surface area contributed by atoms with Gasteiger partial charge in [0.1, 0.15) is 5.52 Å². The van der Waals surface area contributed by atoms with Crippen LogP contribution in [0.4, 0.5) is 11.7 Å². The number of nitro benzene ring substituents is 1. The van der Waals surface area contributed by atoms with Crippen LogP contribution in [0, 0.1) is 16.0 Å². The van der Waals surface area contributed by atoms with Gasteiger partial charge in [0, 0.05) is 12.1 Å². The molecule has 1 N–H and O–H groups in total. The molecule has 0 aliphatic carbocycles. The van der Waals surface area contributed by atoms with E-state index in [0.717, 1.165) is 12.8 Å². The largest absolute Gasteiger partial charge is 0.423 e. The van der Waals surface area contributed by atoms with E-state index in [4.69, 9.17) is 4.42 Å². The van der Waals surface area contributed by atoms with Crippen molar-refractivity contribution in [2.45, 2.75) is 39.7 Å². The molecular formula is C14H19N3O3. The number of benzene rings is 1. The van der Waals surface area contributed by atoms with Gasteiger partial charge in [0.25, 0.3) is 11.7 Å². The van der Waals surface area contributed by atoms with Crippen LogP contribution in [-0.4, -0.2) is 15.9 Å². The van der Waals surface area contributed by atoms with Gasteiger partial charge in [-0.1, -0.05) is 13.8 Å². The molecule has 0 saturated heterocycles. The molecule has 108 valence electrons. The lowest BCUT2D eigenvalue weighted by Gasteiger charge is -2.12. The predicted octanol–water partition coefficient (Wildman–Crippen LogP) is 3.97. The van der Waals surface area contributed by atoms with Gasteiger partial charge in [-0.15, -0.1) is 0 Å². The standard InChI is InChI=1S/C14H19N3O3/c1-9(2)4-5-10(3)15-14-16-12-7-6-11(17(18)19)8-13(12)20-14/h6-10H,4-5H2,1-3H3,(H,15,16). The fourth-order valence-electron chi connectivity index (χ4n) is 1.95. The molecule has 0 aliphatic rings. The number of oxazole rings is 1. The summed E-state index contributed by atoms with van der Waals surface area (Å²) in [7, 11) is 0. The second-order valence-electron chi connectivity index (χ2n) is 5.44. The second kappa shape index (κ2) is 5.90. The molecule has 1 atom stereocenters. The number of aromatic nitrogens is 1. The quantitative estimate of drug-likeness (QED) is 0.638. The smallest absolute Gasteiger partial charge is 0.295 e. The van der Waals surface area contributed by atoms with E-state index in [1.54, 1.807) is 6.07 Å². The number of hydrogen-bond acceptors (Lipinski definition) is 5. The SMILES string of the molecule is CC(C)CCC(C)Nc1nc2ccc([N+](=O)[O-])cc2o1. The summed E-state index contributed by atoms with van der Waals surface area (Å²) in [6, 6.07) is 5.08. The molecule has 20 heavy (non-hydrogen) atoms. The summed E-state index contributed by atoms with van der Waals surface area (Å²) in [5.41, 5.74) is 1.06. The lowest BCUT2D eigenvalue weighted by molar-refractivity contribution is -0.384. The van der Waals surface area contributed by atoms with Crippen molar-refractivity contribution in [1.29, 1.82) is 0 Å². The number of nitrogens with one attached hydrogen (secondary N) is 1. The molecule has 0 bridgehead atoms. The summed E-state index contributed by atoms with van der Waals surface area (Å²) >= 11 is 0. The van der Waals surface area contributed by atoms with E-state index in [9.17, 15) is 10.1 Å². The van der Waals surface area contributed by atoms with Crippen LogP contribution in [-0.2, 0) is 0 Å². The minimum absolute atomic E-state index is 0.00746. The van der Waals surface area contributed by atoms with Gasteiger partial charge in [-0.2, -0.15) is 4.98 Å². The summed E-state index contributed by atoms with van der Waals surface area (Å²) in [5.74, 6) is 0.658. The molecule has 0 spiro atoms. The Balaban J connectivity index is 2.09. The average molecular weight is 277 g/mol. The normalized spacial score (nSPS) is 12.8. The topological polar surface area (TPSA) is 81.2 Å². The maximum atomic E-state index is 10.7. The van der Waals surface area contributed by atoms with E-state index >= 15 is 0 Å². The third kappa shape index (κ3) is 3.46. The number of rotatable bonds is 6. The van der Waals surface area contributed by atoms with Crippen LogP contribution in [0.15, 0.2) is 22.6 Å². The number of nitrogens with zero attached hydrogens (tertiary/aromatic N) is 2. The Morgan fingerprint density at radius 1 is 1.35 bits per heavy atom. The lowest BCUT2D eigenvalue weighted by Crippen LogP contribution is -2.15. The van der Waals surface area contributed by atoms with Crippen molar-refractivity contribution in [1.82, 2.24) is 4.98 Å².